The number of ether oxygens (including phenoxy) is 2. The van der Waals surface area contributed by atoms with Crippen LogP contribution in [0, 0.1) is 11.3 Å². The van der Waals surface area contributed by atoms with Gasteiger partial charge in [-0.1, -0.05) is 0 Å². The van der Waals surface area contributed by atoms with Gasteiger partial charge in [0, 0.05) is 30.6 Å². The third kappa shape index (κ3) is 4.93. The van der Waals surface area contributed by atoms with Crippen LogP contribution in [-0.2, 0) is 19.2 Å². The molecule has 11 heteroatoms. The molecule has 3 heterocycles. The SMILES string of the molecule is O=C(NC1CC1)C(=O)[C@H](C[C@@H]1CCNC1=O)NC(=O)[C@@H]1CC2(CCN1C(=O)c1ccc3c(c1)OCO3)CC2. The molecule has 2 aliphatic carbocycles. The topological polar surface area (TPSA) is 143 Å². The lowest BCUT2D eigenvalue weighted by molar-refractivity contribution is -0.141. The molecule has 3 atom stereocenters. The second-order valence-electron chi connectivity index (χ2n) is 11.2. The zero-order chi connectivity index (χ0) is 26.4. The van der Waals surface area contributed by atoms with Crippen molar-refractivity contribution in [2.45, 2.75) is 69.5 Å². The number of nitrogens with one attached hydrogen (secondary N) is 3. The second-order valence-corrected chi connectivity index (χ2v) is 11.2. The molecule has 11 nitrogen and oxygen atoms in total. The summed E-state index contributed by atoms with van der Waals surface area (Å²) in [4.78, 5) is 66.9. The summed E-state index contributed by atoms with van der Waals surface area (Å²) in [5.41, 5.74) is 0.417. The van der Waals surface area contributed by atoms with Gasteiger partial charge in [-0.3, -0.25) is 24.0 Å². The van der Waals surface area contributed by atoms with E-state index in [0.29, 0.717) is 43.0 Å². The Morgan fingerprint density at radius 3 is 2.58 bits per heavy atom. The van der Waals surface area contributed by atoms with E-state index in [1.54, 1.807) is 23.1 Å². The summed E-state index contributed by atoms with van der Waals surface area (Å²) in [6.07, 6.45) is 5.51. The molecule has 3 aliphatic heterocycles. The van der Waals surface area contributed by atoms with Crippen molar-refractivity contribution in [2.75, 3.05) is 19.9 Å². The van der Waals surface area contributed by atoms with E-state index in [1.165, 1.54) is 0 Å². The molecule has 0 unspecified atom stereocenters. The van der Waals surface area contributed by atoms with Crippen LogP contribution in [-0.4, -0.2) is 72.3 Å². The number of amides is 4. The van der Waals surface area contributed by atoms with Gasteiger partial charge in [0.15, 0.2) is 11.5 Å². The van der Waals surface area contributed by atoms with Crippen molar-refractivity contribution in [3.63, 3.8) is 0 Å². The molecule has 1 aromatic rings. The van der Waals surface area contributed by atoms with Crippen LogP contribution in [0.15, 0.2) is 18.2 Å². The Morgan fingerprint density at radius 2 is 1.87 bits per heavy atom. The third-order valence-corrected chi connectivity index (χ3v) is 8.48. The average molecular weight is 525 g/mol. The molecular formula is C27H32N4O7. The van der Waals surface area contributed by atoms with Gasteiger partial charge in [0.25, 0.3) is 11.8 Å². The summed E-state index contributed by atoms with van der Waals surface area (Å²) in [7, 11) is 0. The van der Waals surface area contributed by atoms with Crippen LogP contribution in [0.4, 0.5) is 0 Å². The van der Waals surface area contributed by atoms with Crippen molar-refractivity contribution in [1.29, 1.82) is 0 Å². The minimum atomic E-state index is -1.14. The molecule has 38 heavy (non-hydrogen) atoms. The van der Waals surface area contributed by atoms with Gasteiger partial charge in [0.2, 0.25) is 24.4 Å². The van der Waals surface area contributed by atoms with E-state index in [1.807, 2.05) is 0 Å². The maximum atomic E-state index is 13.7. The van der Waals surface area contributed by atoms with Gasteiger partial charge in [0.1, 0.15) is 6.04 Å². The Kier molecular flexibility index (Phi) is 6.23. The fourth-order valence-electron chi connectivity index (χ4n) is 5.74. The quantitative estimate of drug-likeness (QED) is 0.424. The lowest BCUT2D eigenvalue weighted by Crippen LogP contribution is -2.58. The molecule has 2 saturated heterocycles. The predicted octanol–water partition coefficient (Wildman–Crippen LogP) is 0.659. The average Bonchev–Trinajstić information content (AvgIpc) is 3.79. The van der Waals surface area contributed by atoms with E-state index in [2.05, 4.69) is 16.0 Å². The summed E-state index contributed by atoms with van der Waals surface area (Å²) in [6.45, 7) is 1.000. The number of ketones is 1. The number of likely N-dealkylation sites (tertiary alicyclic amines) is 1. The van der Waals surface area contributed by atoms with Gasteiger partial charge in [-0.2, -0.15) is 0 Å². The van der Waals surface area contributed by atoms with Crippen molar-refractivity contribution in [3.8, 4) is 11.5 Å². The molecule has 5 aliphatic rings. The molecule has 3 N–H and O–H groups in total. The Hall–Kier alpha value is -3.63. The van der Waals surface area contributed by atoms with Crippen LogP contribution >= 0.6 is 0 Å². The fourth-order valence-corrected chi connectivity index (χ4v) is 5.74. The summed E-state index contributed by atoms with van der Waals surface area (Å²) in [5.74, 6) is -1.88. The van der Waals surface area contributed by atoms with Gasteiger partial charge in [-0.05, 0) is 75.0 Å². The number of fused-ring (bicyclic) bond motifs is 1. The van der Waals surface area contributed by atoms with Crippen molar-refractivity contribution in [3.05, 3.63) is 23.8 Å². The monoisotopic (exact) mass is 524 g/mol. The minimum absolute atomic E-state index is 0.0135. The highest BCUT2D eigenvalue weighted by atomic mass is 16.7. The first-order chi connectivity index (χ1) is 18.3. The first-order valence-electron chi connectivity index (χ1n) is 13.5. The van der Waals surface area contributed by atoms with Crippen molar-refractivity contribution < 1.29 is 33.4 Å². The van der Waals surface area contributed by atoms with Gasteiger partial charge >= 0.3 is 0 Å². The minimum Gasteiger partial charge on any atom is -0.454 e. The zero-order valence-corrected chi connectivity index (χ0v) is 21.1. The van der Waals surface area contributed by atoms with Crippen LogP contribution in [0.5, 0.6) is 11.5 Å². The predicted molar refractivity (Wildman–Crippen MR) is 132 cm³/mol. The number of carbonyl (C=O) groups excluding carboxylic acids is 5. The summed E-state index contributed by atoms with van der Waals surface area (Å²) >= 11 is 0. The largest absolute Gasteiger partial charge is 0.454 e. The number of piperidine rings is 1. The molecule has 2 saturated carbocycles. The molecule has 4 amide bonds. The van der Waals surface area contributed by atoms with Gasteiger partial charge in [0.05, 0.1) is 6.04 Å². The molecule has 1 spiro atoms. The van der Waals surface area contributed by atoms with Crippen LogP contribution in [0.1, 0.15) is 61.7 Å². The van der Waals surface area contributed by atoms with E-state index >= 15 is 0 Å². The smallest absolute Gasteiger partial charge is 0.289 e. The van der Waals surface area contributed by atoms with E-state index in [4.69, 9.17) is 9.47 Å². The summed E-state index contributed by atoms with van der Waals surface area (Å²) < 4.78 is 10.8. The van der Waals surface area contributed by atoms with Gasteiger partial charge in [-0.15, -0.1) is 0 Å². The standard InChI is InChI=1S/C27H32N4O7/c32-22(25(35)29-17-2-3-17)18(11-15-5-9-28-23(15)33)30-24(34)19-13-27(6-7-27)8-10-31(19)26(36)16-1-4-20-21(12-16)38-14-37-20/h1,4,12,15,17-19H,2-3,5-11,13-14H2,(H,28,33)(H,29,35)(H,30,34)/t15-,18-,19-/m0/s1. The van der Waals surface area contributed by atoms with Crippen LogP contribution in [0.3, 0.4) is 0 Å². The Bertz CT molecular complexity index is 1190. The lowest BCUT2D eigenvalue weighted by atomic mass is 9.86. The molecule has 0 aromatic heterocycles. The van der Waals surface area contributed by atoms with Gasteiger partial charge < -0.3 is 30.3 Å². The number of carbonyl (C=O) groups is 5. The van der Waals surface area contributed by atoms with Crippen LogP contribution < -0.4 is 25.4 Å². The van der Waals surface area contributed by atoms with Crippen molar-refractivity contribution >= 4 is 29.4 Å². The maximum Gasteiger partial charge on any atom is 0.289 e. The number of hydrogen-bond acceptors (Lipinski definition) is 7. The highest BCUT2D eigenvalue weighted by molar-refractivity contribution is 6.38. The van der Waals surface area contributed by atoms with E-state index < -0.39 is 35.6 Å². The Labute approximate surface area is 220 Å². The normalized spacial score (nSPS) is 25.5. The number of benzene rings is 1. The molecule has 6 rings (SSSR count). The molecule has 0 radical (unpaired) electrons. The molecule has 0 bridgehead atoms. The molecule has 4 fully saturated rings. The third-order valence-electron chi connectivity index (χ3n) is 8.48. The number of rotatable bonds is 8. The fraction of sp³-hybridized carbons (Fsp3) is 0.593. The van der Waals surface area contributed by atoms with Gasteiger partial charge in [-0.25, -0.2) is 0 Å². The van der Waals surface area contributed by atoms with E-state index in [0.717, 1.165) is 32.1 Å². The van der Waals surface area contributed by atoms with E-state index in [-0.39, 0.29) is 36.5 Å². The first-order valence-corrected chi connectivity index (χ1v) is 13.5. The van der Waals surface area contributed by atoms with Crippen molar-refractivity contribution in [1.82, 2.24) is 20.9 Å². The summed E-state index contributed by atoms with van der Waals surface area (Å²) in [6, 6.07) is 3.00. The van der Waals surface area contributed by atoms with Crippen LogP contribution in [0.25, 0.3) is 0 Å². The number of hydrogen-bond donors (Lipinski definition) is 3. The zero-order valence-electron chi connectivity index (χ0n) is 21.1. The number of nitrogens with zero attached hydrogens (tertiary/aromatic N) is 1. The maximum absolute atomic E-state index is 13.7. The highest BCUT2D eigenvalue weighted by Crippen LogP contribution is 2.55. The molecule has 1 aromatic carbocycles. The van der Waals surface area contributed by atoms with Crippen molar-refractivity contribution in [2.24, 2.45) is 11.3 Å². The lowest BCUT2D eigenvalue weighted by Gasteiger charge is -2.39. The van der Waals surface area contributed by atoms with E-state index in [9.17, 15) is 24.0 Å². The Balaban J connectivity index is 1.21. The van der Waals surface area contributed by atoms with Crippen LogP contribution in [0.2, 0.25) is 0 Å². The molecular weight excluding hydrogens is 492 g/mol. The molecule has 202 valence electrons. The summed E-state index contributed by atoms with van der Waals surface area (Å²) in [5, 5.41) is 8.22. The Morgan fingerprint density at radius 1 is 1.08 bits per heavy atom. The second kappa shape index (κ2) is 9.59. The highest BCUT2D eigenvalue weighted by Gasteiger charge is 2.51. The number of Topliss-reactive ketones (excluding diaryl/α,β-unsaturated/α-hetero) is 1. The first kappa shape index (κ1) is 24.7.